The molecule has 11 nitrogen and oxygen atoms in total. The zero-order chi connectivity index (χ0) is 34.4. The van der Waals surface area contributed by atoms with Gasteiger partial charge in [0.1, 0.15) is 5.54 Å². The Labute approximate surface area is 285 Å². The molecule has 2 fully saturated rings. The molecule has 0 saturated carbocycles. The highest BCUT2D eigenvalue weighted by Gasteiger charge is 2.69. The third-order valence-corrected chi connectivity index (χ3v) is 10.6. The van der Waals surface area contributed by atoms with Crippen molar-refractivity contribution >= 4 is 40.8 Å². The quantitative estimate of drug-likeness (QED) is 0.287. The zero-order valence-corrected chi connectivity index (χ0v) is 28.3. The summed E-state index contributed by atoms with van der Waals surface area (Å²) in [5, 5.41) is 1.09. The Morgan fingerprint density at radius 3 is 2.51 bits per heavy atom. The number of aromatic amines is 1. The second kappa shape index (κ2) is 12.7. The number of aliphatic imine (C=N–C) groups is 1. The van der Waals surface area contributed by atoms with Gasteiger partial charge < -0.3 is 19.4 Å². The number of allylic oxidation sites excluding steroid dienone is 2. The first-order valence-corrected chi connectivity index (χ1v) is 17.1. The highest BCUT2D eigenvalue weighted by Crippen LogP contribution is 2.57. The molecule has 4 aliphatic rings. The number of hydrogen-bond donors (Lipinski definition) is 1. The second-order valence-electron chi connectivity index (χ2n) is 13.0. The molecular weight excluding hydrogens is 622 g/mol. The number of likely N-dealkylation sites (tertiary alicyclic amines) is 1. The number of rotatable bonds is 9. The lowest BCUT2D eigenvalue weighted by atomic mass is 9.59. The maximum absolute atomic E-state index is 14.3. The van der Waals surface area contributed by atoms with Crippen LogP contribution in [-0.2, 0) is 31.9 Å². The molecule has 3 aromatic rings. The van der Waals surface area contributed by atoms with Crippen molar-refractivity contribution in [3.05, 3.63) is 95.0 Å². The van der Waals surface area contributed by atoms with Crippen LogP contribution < -0.4 is 0 Å². The molecule has 2 aromatic carbocycles. The van der Waals surface area contributed by atoms with Crippen LogP contribution in [0.5, 0.6) is 0 Å². The summed E-state index contributed by atoms with van der Waals surface area (Å²) < 4.78 is 12.4. The second-order valence-corrected chi connectivity index (χ2v) is 13.0. The normalized spacial score (nSPS) is 25.4. The van der Waals surface area contributed by atoms with Crippen LogP contribution in [0, 0.1) is 17.8 Å². The van der Waals surface area contributed by atoms with Gasteiger partial charge in [0.25, 0.3) is 0 Å². The first kappa shape index (κ1) is 32.4. The Morgan fingerprint density at radius 1 is 1.04 bits per heavy atom. The molecular formula is C38H41N5O6. The highest BCUT2D eigenvalue weighted by molar-refractivity contribution is 6.09. The molecule has 1 aromatic heterocycles. The number of hydrogen-bond acceptors (Lipinski definition) is 7. The number of nitrogens with zero attached hydrogens (tertiary/aromatic N) is 4. The zero-order valence-electron chi connectivity index (χ0n) is 28.3. The molecule has 4 heterocycles. The number of carbonyl (C=O) groups excluding carboxylic acids is 4. The van der Waals surface area contributed by atoms with Crippen LogP contribution in [0.1, 0.15) is 44.7 Å². The van der Waals surface area contributed by atoms with E-state index in [4.69, 9.17) is 14.5 Å². The summed E-state index contributed by atoms with van der Waals surface area (Å²) in [5.74, 6) is -2.34. The lowest BCUT2D eigenvalue weighted by Crippen LogP contribution is -2.63. The van der Waals surface area contributed by atoms with Crippen molar-refractivity contribution in [2.24, 2.45) is 22.7 Å². The summed E-state index contributed by atoms with van der Waals surface area (Å²) >= 11 is 0. The predicted octanol–water partition coefficient (Wildman–Crippen LogP) is 5.83. The molecule has 2 saturated heterocycles. The summed E-state index contributed by atoms with van der Waals surface area (Å²) in [6.07, 6.45) is 4.18. The topological polar surface area (TPSA) is 125 Å². The molecule has 7 rings (SSSR count). The number of amides is 4. The first-order chi connectivity index (χ1) is 23.7. The van der Waals surface area contributed by atoms with E-state index in [0.717, 1.165) is 27.6 Å². The number of ether oxygens (including phenoxy) is 2. The summed E-state index contributed by atoms with van der Waals surface area (Å²) in [6, 6.07) is 17.7. The van der Waals surface area contributed by atoms with E-state index in [2.05, 4.69) is 11.1 Å². The lowest BCUT2D eigenvalue weighted by molar-refractivity contribution is -0.138. The van der Waals surface area contributed by atoms with E-state index in [1.807, 2.05) is 81.6 Å². The smallest absolute Gasteiger partial charge is 0.393 e. The van der Waals surface area contributed by atoms with Gasteiger partial charge in [-0.25, -0.2) is 14.5 Å². The van der Waals surface area contributed by atoms with Gasteiger partial charge in [-0.1, -0.05) is 61.5 Å². The number of benzene rings is 2. The van der Waals surface area contributed by atoms with Gasteiger partial charge in [-0.15, -0.1) is 0 Å². The highest BCUT2D eigenvalue weighted by atomic mass is 16.6. The van der Waals surface area contributed by atoms with Crippen LogP contribution in [0.25, 0.3) is 10.9 Å². The van der Waals surface area contributed by atoms with Crippen molar-refractivity contribution in [2.75, 3.05) is 26.7 Å². The fourth-order valence-electron chi connectivity index (χ4n) is 8.29. The minimum absolute atomic E-state index is 0.0910. The fourth-order valence-corrected chi connectivity index (χ4v) is 8.29. The van der Waals surface area contributed by atoms with Gasteiger partial charge in [-0.3, -0.25) is 19.5 Å². The molecule has 1 N–H and O–H groups in total. The van der Waals surface area contributed by atoms with Crippen LogP contribution in [0.2, 0.25) is 0 Å². The van der Waals surface area contributed by atoms with Gasteiger partial charge in [0.15, 0.2) is 0 Å². The molecule has 4 amide bonds. The van der Waals surface area contributed by atoms with Gasteiger partial charge in [0, 0.05) is 61.7 Å². The van der Waals surface area contributed by atoms with Gasteiger partial charge >= 0.3 is 12.2 Å². The van der Waals surface area contributed by atoms with Crippen LogP contribution in [0.4, 0.5) is 9.59 Å². The van der Waals surface area contributed by atoms with Crippen molar-refractivity contribution in [3.8, 4) is 0 Å². The van der Waals surface area contributed by atoms with E-state index < -0.39 is 35.5 Å². The maximum atomic E-state index is 14.3. The SMILES string of the molecule is CCC1=C(OC(=O)N(CC)CC)N2C(=O)OC(=NCCc3c[nH]c4ccccc34)[C@]2(Cc2ccccc2)[C@H]2C1=CC[C@H]1C(=O)N(C)C(=O)[C@H]12. The van der Waals surface area contributed by atoms with E-state index in [-0.39, 0.29) is 30.0 Å². The minimum Gasteiger partial charge on any atom is -0.393 e. The molecule has 1 aliphatic carbocycles. The van der Waals surface area contributed by atoms with Crippen molar-refractivity contribution in [1.29, 1.82) is 0 Å². The largest absolute Gasteiger partial charge is 0.424 e. The Bertz CT molecular complexity index is 1920. The molecule has 254 valence electrons. The maximum Gasteiger partial charge on any atom is 0.424 e. The Balaban J connectivity index is 1.43. The summed E-state index contributed by atoms with van der Waals surface area (Å²) in [4.78, 5) is 68.0. The van der Waals surface area contributed by atoms with Gasteiger partial charge in [0.05, 0.1) is 11.8 Å². The van der Waals surface area contributed by atoms with Gasteiger partial charge in [0.2, 0.25) is 23.6 Å². The molecule has 0 spiro atoms. The van der Waals surface area contributed by atoms with E-state index in [1.165, 1.54) is 16.8 Å². The summed E-state index contributed by atoms with van der Waals surface area (Å²) in [7, 11) is 1.52. The summed E-state index contributed by atoms with van der Waals surface area (Å²) in [5.41, 5.74) is 2.99. The molecule has 0 radical (unpaired) electrons. The standard InChI is InChI=1S/C38H41N5O6/c1-5-25-27-17-18-28-30(33(45)41(4)32(28)44)31(27)38(21-23-13-9-8-10-14-23)35(39-20-19-24-22-40-29-16-12-11-15-26(24)29)49-37(47)43(38)34(25)48-36(46)42(6-2)7-3/h8-17,22,28,30-31,40H,5-7,18-21H2,1-4H3/t28-,30-,31+,38+/m1/s1. The Kier molecular flexibility index (Phi) is 8.38. The van der Waals surface area contributed by atoms with Crippen molar-refractivity contribution < 1.29 is 28.7 Å². The molecule has 49 heavy (non-hydrogen) atoms. The van der Waals surface area contributed by atoms with E-state index in [9.17, 15) is 19.2 Å². The molecule has 4 atom stereocenters. The molecule has 3 aliphatic heterocycles. The number of H-pyrrole nitrogens is 1. The molecule has 0 bridgehead atoms. The summed E-state index contributed by atoms with van der Waals surface area (Å²) in [6.45, 7) is 6.79. The van der Waals surface area contributed by atoms with Gasteiger partial charge in [-0.05, 0) is 55.9 Å². The Hall–Kier alpha value is -5.19. The monoisotopic (exact) mass is 663 g/mol. The van der Waals surface area contributed by atoms with Crippen LogP contribution in [0.15, 0.2) is 88.9 Å². The van der Waals surface area contributed by atoms with Crippen LogP contribution in [0.3, 0.4) is 0 Å². The number of fused-ring (bicyclic) bond motifs is 6. The molecule has 0 unspecified atom stereocenters. The molecule has 11 heteroatoms. The number of carbonyl (C=O) groups is 4. The average molecular weight is 664 g/mol. The van der Waals surface area contributed by atoms with Crippen LogP contribution >= 0.6 is 0 Å². The van der Waals surface area contributed by atoms with Crippen molar-refractivity contribution in [3.63, 3.8) is 0 Å². The van der Waals surface area contributed by atoms with Crippen LogP contribution in [-0.4, -0.2) is 81.8 Å². The minimum atomic E-state index is -1.40. The number of imide groups is 1. The third-order valence-electron chi connectivity index (χ3n) is 10.6. The number of nitrogens with one attached hydrogen (secondary N) is 1. The number of para-hydroxylation sites is 1. The van der Waals surface area contributed by atoms with E-state index in [0.29, 0.717) is 44.5 Å². The van der Waals surface area contributed by atoms with E-state index in [1.54, 1.807) is 4.90 Å². The Morgan fingerprint density at radius 2 is 1.78 bits per heavy atom. The van der Waals surface area contributed by atoms with Crippen molar-refractivity contribution in [1.82, 2.24) is 19.7 Å². The van der Waals surface area contributed by atoms with Gasteiger partial charge in [-0.2, -0.15) is 0 Å². The van der Waals surface area contributed by atoms with E-state index >= 15 is 0 Å². The lowest BCUT2D eigenvalue weighted by Gasteiger charge is -2.51. The number of cyclic esters (lactones) is 1. The average Bonchev–Trinajstić information content (AvgIpc) is 3.72. The van der Waals surface area contributed by atoms with Crippen molar-refractivity contribution in [2.45, 2.75) is 52.0 Å². The predicted molar refractivity (Wildman–Crippen MR) is 183 cm³/mol. The third kappa shape index (κ3) is 5.05. The number of aromatic nitrogens is 1. The first-order valence-electron chi connectivity index (χ1n) is 17.1. The fraction of sp³-hybridized carbons (Fsp3) is 0.395.